The second-order valence-electron chi connectivity index (χ2n) is 4.76. The van der Waals surface area contributed by atoms with Crippen molar-refractivity contribution in [3.63, 3.8) is 0 Å². The molecule has 0 amide bonds. The fourth-order valence-corrected chi connectivity index (χ4v) is 2.68. The van der Waals surface area contributed by atoms with Gasteiger partial charge in [0.05, 0.1) is 13.2 Å². The number of rotatable bonds is 4. The molecule has 100 valence electrons. The maximum Gasteiger partial charge on any atom is 0.123 e. The zero-order valence-corrected chi connectivity index (χ0v) is 11.4. The third-order valence-electron chi connectivity index (χ3n) is 3.73. The molecule has 4 heteroatoms. The van der Waals surface area contributed by atoms with Gasteiger partial charge in [0, 0.05) is 31.2 Å². The van der Waals surface area contributed by atoms with Crippen LogP contribution < -0.4 is 15.4 Å². The summed E-state index contributed by atoms with van der Waals surface area (Å²) in [7, 11) is 5.93. The van der Waals surface area contributed by atoms with Crippen LogP contribution in [0.5, 0.6) is 5.75 Å². The number of para-hydroxylation sites is 1. The fraction of sp³-hybridized carbons (Fsp3) is 0.571. The summed E-state index contributed by atoms with van der Waals surface area (Å²) < 4.78 is 5.48. The number of benzene rings is 1. The van der Waals surface area contributed by atoms with Crippen molar-refractivity contribution < 1.29 is 4.74 Å². The molecule has 2 atom stereocenters. The summed E-state index contributed by atoms with van der Waals surface area (Å²) in [6.07, 6.45) is 0. The molecule has 0 bridgehead atoms. The maximum atomic E-state index is 5.48. The van der Waals surface area contributed by atoms with Gasteiger partial charge >= 0.3 is 0 Å². The van der Waals surface area contributed by atoms with E-state index in [0.717, 1.165) is 25.4 Å². The minimum atomic E-state index is 0.277. The van der Waals surface area contributed by atoms with Gasteiger partial charge in [-0.25, -0.2) is 0 Å². The van der Waals surface area contributed by atoms with Gasteiger partial charge in [0.15, 0.2) is 0 Å². The molecule has 0 aliphatic carbocycles. The Balaban J connectivity index is 2.26. The lowest BCUT2D eigenvalue weighted by molar-refractivity contribution is 0.160. The molecule has 18 heavy (non-hydrogen) atoms. The molecule has 1 aliphatic rings. The lowest BCUT2D eigenvalue weighted by Crippen LogP contribution is -2.54. The van der Waals surface area contributed by atoms with E-state index in [-0.39, 0.29) is 6.04 Å². The smallest absolute Gasteiger partial charge is 0.123 e. The van der Waals surface area contributed by atoms with Crippen LogP contribution in [0, 0.1) is 0 Å². The Labute approximate surface area is 109 Å². The molecule has 4 nitrogen and oxygen atoms in total. The third-order valence-corrected chi connectivity index (χ3v) is 3.73. The summed E-state index contributed by atoms with van der Waals surface area (Å²) in [5, 5.41) is 6.90. The Hall–Kier alpha value is -1.10. The minimum Gasteiger partial charge on any atom is -0.496 e. The minimum absolute atomic E-state index is 0.277. The second-order valence-corrected chi connectivity index (χ2v) is 4.76. The van der Waals surface area contributed by atoms with Crippen molar-refractivity contribution in [2.45, 2.75) is 12.1 Å². The number of likely N-dealkylation sites (N-methyl/N-ethyl adjacent to an activating group) is 2. The standard InChI is InChI=1S/C14H23N3O/c1-15-14(12-10-16-8-9-17(12)2)11-6-4-5-7-13(11)18-3/h4-7,12,14-16H,8-10H2,1-3H3. The second kappa shape index (κ2) is 6.18. The lowest BCUT2D eigenvalue weighted by Gasteiger charge is -2.38. The predicted octanol–water partition coefficient (Wildman–Crippen LogP) is 0.859. The van der Waals surface area contributed by atoms with Crippen LogP contribution in [-0.4, -0.2) is 51.8 Å². The summed E-state index contributed by atoms with van der Waals surface area (Å²) >= 11 is 0. The van der Waals surface area contributed by atoms with E-state index >= 15 is 0 Å². The monoisotopic (exact) mass is 249 g/mol. The van der Waals surface area contributed by atoms with E-state index in [1.165, 1.54) is 5.56 Å². The first kappa shape index (κ1) is 13.3. The number of ether oxygens (including phenoxy) is 1. The molecule has 1 fully saturated rings. The summed E-state index contributed by atoms with van der Waals surface area (Å²) in [5.74, 6) is 0.954. The van der Waals surface area contributed by atoms with Crippen molar-refractivity contribution in [3.05, 3.63) is 29.8 Å². The Bertz CT molecular complexity index is 383. The quantitative estimate of drug-likeness (QED) is 0.830. The first-order valence-electron chi connectivity index (χ1n) is 6.49. The summed E-state index contributed by atoms with van der Waals surface area (Å²) in [4.78, 5) is 2.41. The number of hydrogen-bond donors (Lipinski definition) is 2. The first-order valence-corrected chi connectivity index (χ1v) is 6.49. The number of piperazine rings is 1. The van der Waals surface area contributed by atoms with E-state index < -0.39 is 0 Å². The average molecular weight is 249 g/mol. The molecular formula is C14H23N3O. The highest BCUT2D eigenvalue weighted by Gasteiger charge is 2.29. The average Bonchev–Trinajstić information content (AvgIpc) is 2.42. The Morgan fingerprint density at radius 2 is 2.22 bits per heavy atom. The highest BCUT2D eigenvalue weighted by Crippen LogP contribution is 2.28. The Kier molecular flexibility index (Phi) is 4.58. The molecule has 0 saturated carbocycles. The van der Waals surface area contributed by atoms with Crippen LogP contribution in [0.3, 0.4) is 0 Å². The normalized spacial score (nSPS) is 22.7. The molecule has 1 aromatic carbocycles. The molecular weight excluding hydrogens is 226 g/mol. The van der Waals surface area contributed by atoms with Crippen molar-refractivity contribution in [1.82, 2.24) is 15.5 Å². The number of nitrogens with zero attached hydrogens (tertiary/aromatic N) is 1. The molecule has 2 unspecified atom stereocenters. The number of methoxy groups -OCH3 is 1. The van der Waals surface area contributed by atoms with E-state index in [4.69, 9.17) is 4.74 Å². The Morgan fingerprint density at radius 3 is 2.89 bits per heavy atom. The molecule has 0 spiro atoms. The van der Waals surface area contributed by atoms with Crippen LogP contribution in [0.2, 0.25) is 0 Å². The van der Waals surface area contributed by atoms with Crippen LogP contribution in [0.15, 0.2) is 24.3 Å². The van der Waals surface area contributed by atoms with Crippen LogP contribution in [0.1, 0.15) is 11.6 Å². The van der Waals surface area contributed by atoms with E-state index in [0.29, 0.717) is 6.04 Å². The number of hydrogen-bond acceptors (Lipinski definition) is 4. The van der Waals surface area contributed by atoms with Gasteiger partial charge in [0.25, 0.3) is 0 Å². The fourth-order valence-electron chi connectivity index (χ4n) is 2.68. The van der Waals surface area contributed by atoms with Gasteiger partial charge in [0.2, 0.25) is 0 Å². The summed E-state index contributed by atoms with van der Waals surface area (Å²) in [6, 6.07) is 8.97. The van der Waals surface area contributed by atoms with Crippen LogP contribution in [-0.2, 0) is 0 Å². The summed E-state index contributed by atoms with van der Waals surface area (Å²) in [5.41, 5.74) is 1.23. The molecule has 0 aromatic heterocycles. The third kappa shape index (κ3) is 2.66. The molecule has 0 radical (unpaired) electrons. The molecule has 1 heterocycles. The number of nitrogens with one attached hydrogen (secondary N) is 2. The van der Waals surface area contributed by atoms with E-state index in [1.54, 1.807) is 7.11 Å². The SMILES string of the molecule is CNC(c1ccccc1OC)C1CNCCN1C. The van der Waals surface area contributed by atoms with E-state index in [2.05, 4.69) is 34.7 Å². The zero-order valence-electron chi connectivity index (χ0n) is 11.4. The van der Waals surface area contributed by atoms with Crippen molar-refractivity contribution in [3.8, 4) is 5.75 Å². The zero-order chi connectivity index (χ0) is 13.0. The summed E-state index contributed by atoms with van der Waals surface area (Å²) in [6.45, 7) is 3.15. The molecule has 1 aliphatic heterocycles. The van der Waals surface area contributed by atoms with Gasteiger partial charge in [-0.3, -0.25) is 4.90 Å². The molecule has 1 saturated heterocycles. The van der Waals surface area contributed by atoms with Crippen LogP contribution >= 0.6 is 0 Å². The van der Waals surface area contributed by atoms with E-state index in [1.807, 2.05) is 19.2 Å². The van der Waals surface area contributed by atoms with Gasteiger partial charge in [-0.05, 0) is 20.2 Å². The van der Waals surface area contributed by atoms with Crippen molar-refractivity contribution in [2.75, 3.05) is 40.8 Å². The van der Waals surface area contributed by atoms with E-state index in [9.17, 15) is 0 Å². The molecule has 2 rings (SSSR count). The van der Waals surface area contributed by atoms with Crippen LogP contribution in [0.25, 0.3) is 0 Å². The van der Waals surface area contributed by atoms with Gasteiger partial charge in [0.1, 0.15) is 5.75 Å². The van der Waals surface area contributed by atoms with Gasteiger partial charge < -0.3 is 15.4 Å². The lowest BCUT2D eigenvalue weighted by atomic mass is 9.96. The highest BCUT2D eigenvalue weighted by molar-refractivity contribution is 5.37. The highest BCUT2D eigenvalue weighted by atomic mass is 16.5. The van der Waals surface area contributed by atoms with Crippen molar-refractivity contribution >= 4 is 0 Å². The molecule has 1 aromatic rings. The first-order chi connectivity index (χ1) is 8.77. The van der Waals surface area contributed by atoms with Gasteiger partial charge in [-0.1, -0.05) is 18.2 Å². The van der Waals surface area contributed by atoms with Gasteiger partial charge in [-0.15, -0.1) is 0 Å². The topological polar surface area (TPSA) is 36.5 Å². The molecule has 2 N–H and O–H groups in total. The van der Waals surface area contributed by atoms with Crippen molar-refractivity contribution in [1.29, 1.82) is 0 Å². The Morgan fingerprint density at radius 1 is 1.44 bits per heavy atom. The van der Waals surface area contributed by atoms with Crippen molar-refractivity contribution in [2.24, 2.45) is 0 Å². The van der Waals surface area contributed by atoms with Gasteiger partial charge in [-0.2, -0.15) is 0 Å². The van der Waals surface area contributed by atoms with Crippen LogP contribution in [0.4, 0.5) is 0 Å². The largest absolute Gasteiger partial charge is 0.496 e. The predicted molar refractivity (Wildman–Crippen MR) is 74.1 cm³/mol. The maximum absolute atomic E-state index is 5.48.